The predicted molar refractivity (Wildman–Crippen MR) is 135 cm³/mol. The second-order valence-corrected chi connectivity index (χ2v) is 9.78. The molecule has 1 amide bonds. The van der Waals surface area contributed by atoms with Crippen LogP contribution in [-0.4, -0.2) is 64.7 Å². The van der Waals surface area contributed by atoms with Crippen LogP contribution >= 0.6 is 0 Å². The molecule has 3 rings (SSSR count). The van der Waals surface area contributed by atoms with Crippen LogP contribution in [0.5, 0.6) is 5.88 Å². The van der Waals surface area contributed by atoms with Crippen molar-refractivity contribution in [2.24, 2.45) is 11.8 Å². The number of carbonyl (C=O) groups excluding carboxylic acids is 1. The van der Waals surface area contributed by atoms with E-state index in [-0.39, 0.29) is 30.6 Å². The molecule has 0 bridgehead atoms. The van der Waals surface area contributed by atoms with Gasteiger partial charge >= 0.3 is 0 Å². The lowest BCUT2D eigenvalue weighted by atomic mass is 9.99. The Hall–Kier alpha value is -2.88. The highest BCUT2D eigenvalue weighted by atomic mass is 16.5. The zero-order valence-corrected chi connectivity index (χ0v) is 21.0. The first kappa shape index (κ1) is 25.7. The molecule has 182 valence electrons. The molecule has 0 fully saturated rings. The van der Waals surface area contributed by atoms with Gasteiger partial charge in [-0.2, -0.15) is 0 Å². The summed E-state index contributed by atoms with van der Waals surface area (Å²) >= 11 is 0. The van der Waals surface area contributed by atoms with Crippen LogP contribution in [0.2, 0.25) is 0 Å². The van der Waals surface area contributed by atoms with E-state index in [0.717, 1.165) is 13.0 Å². The molecule has 1 aliphatic heterocycles. The second-order valence-electron chi connectivity index (χ2n) is 9.78. The Morgan fingerprint density at radius 1 is 1.26 bits per heavy atom. The zero-order chi connectivity index (χ0) is 24.7. The molecule has 1 aromatic heterocycles. The largest absolute Gasteiger partial charge is 0.472 e. The minimum absolute atomic E-state index is 0.0524. The van der Waals surface area contributed by atoms with Gasteiger partial charge in [0.1, 0.15) is 11.7 Å². The number of pyridine rings is 1. The molecule has 1 N–H and O–H groups in total. The highest BCUT2D eigenvalue weighted by Gasteiger charge is 2.34. The highest BCUT2D eigenvalue weighted by molar-refractivity contribution is 5.97. The van der Waals surface area contributed by atoms with Gasteiger partial charge in [0.25, 0.3) is 5.91 Å². The van der Waals surface area contributed by atoms with E-state index >= 15 is 0 Å². The summed E-state index contributed by atoms with van der Waals surface area (Å²) in [5, 5.41) is 9.83. The van der Waals surface area contributed by atoms with Crippen molar-refractivity contribution in [3.8, 4) is 17.7 Å². The van der Waals surface area contributed by atoms with E-state index in [4.69, 9.17) is 4.74 Å². The molecule has 34 heavy (non-hydrogen) atoms. The molecule has 0 radical (unpaired) electrons. The van der Waals surface area contributed by atoms with Gasteiger partial charge in [0.15, 0.2) is 0 Å². The number of aliphatic hydroxyl groups excluding tert-OH is 1. The van der Waals surface area contributed by atoms with Crippen LogP contribution in [0.4, 0.5) is 0 Å². The van der Waals surface area contributed by atoms with Gasteiger partial charge in [-0.05, 0) is 31.5 Å². The van der Waals surface area contributed by atoms with E-state index < -0.39 is 0 Å². The van der Waals surface area contributed by atoms with Crippen LogP contribution in [0.1, 0.15) is 55.6 Å². The van der Waals surface area contributed by atoms with Crippen LogP contribution < -0.4 is 4.74 Å². The van der Waals surface area contributed by atoms with E-state index in [2.05, 4.69) is 61.7 Å². The summed E-state index contributed by atoms with van der Waals surface area (Å²) < 4.78 is 6.38. The number of nitrogens with zero attached hydrogens (tertiary/aromatic N) is 3. The molecule has 1 aliphatic rings. The summed E-state index contributed by atoms with van der Waals surface area (Å²) in [7, 11) is 2.07. The van der Waals surface area contributed by atoms with Crippen LogP contribution in [0.15, 0.2) is 42.6 Å². The van der Waals surface area contributed by atoms with Crippen LogP contribution in [-0.2, 0) is 6.54 Å². The molecule has 2 aromatic rings. The van der Waals surface area contributed by atoms with Gasteiger partial charge in [0.2, 0.25) is 5.88 Å². The topological polar surface area (TPSA) is 65.9 Å². The minimum Gasteiger partial charge on any atom is -0.472 e. The molecule has 3 atom stereocenters. The molecular formula is C28H37N3O3. The smallest absolute Gasteiger partial charge is 0.259 e. The zero-order valence-electron chi connectivity index (χ0n) is 21.0. The number of carbonyl (C=O) groups is 1. The number of likely N-dealkylation sites (N-methyl/N-ethyl adjacent to an activating group) is 1. The number of aliphatic hydroxyl groups is 1. The standard InChI is InChI=1S/C28H37N3O3/c1-20(2)10-9-13-24-14-25-27(29-15-24)34-26(18-30(5)17-23-11-7-6-8-12-23)21(3)16-31(28(25)33)22(4)19-32/h6-8,11-12,14-15,20-22,26,32H,10,16-19H2,1-5H3/t21-,22+,26+/m1/s1. The maximum absolute atomic E-state index is 13.5. The lowest BCUT2D eigenvalue weighted by molar-refractivity contribution is 0.0325. The molecule has 0 saturated carbocycles. The van der Waals surface area contributed by atoms with Crippen LogP contribution in [0.25, 0.3) is 0 Å². The molecule has 0 saturated heterocycles. The Labute approximate surface area is 203 Å². The summed E-state index contributed by atoms with van der Waals surface area (Å²) in [6.45, 7) is 10.1. The quantitative estimate of drug-likeness (QED) is 0.632. The molecule has 0 spiro atoms. The number of hydrogen-bond donors (Lipinski definition) is 1. The Balaban J connectivity index is 1.89. The fourth-order valence-electron chi connectivity index (χ4n) is 4.01. The van der Waals surface area contributed by atoms with Crippen molar-refractivity contribution in [1.82, 2.24) is 14.8 Å². The number of amides is 1. The van der Waals surface area contributed by atoms with Gasteiger partial charge in [0, 0.05) is 43.7 Å². The Morgan fingerprint density at radius 2 is 2.00 bits per heavy atom. The number of rotatable bonds is 7. The van der Waals surface area contributed by atoms with Gasteiger partial charge in [0.05, 0.1) is 12.6 Å². The molecule has 1 aromatic carbocycles. The van der Waals surface area contributed by atoms with Gasteiger partial charge in [-0.3, -0.25) is 9.69 Å². The van der Waals surface area contributed by atoms with Gasteiger partial charge in [-0.25, -0.2) is 4.98 Å². The maximum atomic E-state index is 13.5. The van der Waals surface area contributed by atoms with E-state index in [1.807, 2.05) is 25.1 Å². The van der Waals surface area contributed by atoms with Crippen molar-refractivity contribution in [3.05, 3.63) is 59.3 Å². The molecule has 0 aliphatic carbocycles. The fraction of sp³-hybridized carbons (Fsp3) is 0.500. The SMILES string of the molecule is CC(C)CC#Cc1cnc2c(c1)C(=O)N([C@@H](C)CO)C[C@@H](C)[C@H](CN(C)Cc1ccccc1)O2. The summed E-state index contributed by atoms with van der Waals surface area (Å²) in [5.41, 5.74) is 2.33. The second kappa shape index (κ2) is 12.0. The Morgan fingerprint density at radius 3 is 2.68 bits per heavy atom. The predicted octanol–water partition coefficient (Wildman–Crippen LogP) is 3.83. The van der Waals surface area contributed by atoms with E-state index in [1.165, 1.54) is 5.56 Å². The average molecular weight is 464 g/mol. The van der Waals surface area contributed by atoms with Gasteiger partial charge < -0.3 is 14.7 Å². The first-order valence-electron chi connectivity index (χ1n) is 12.1. The Bertz CT molecular complexity index is 1010. The van der Waals surface area contributed by atoms with Crippen molar-refractivity contribution in [1.29, 1.82) is 0 Å². The van der Waals surface area contributed by atoms with E-state index in [9.17, 15) is 9.90 Å². The van der Waals surface area contributed by atoms with Crippen LogP contribution in [0, 0.1) is 23.7 Å². The molecule has 2 heterocycles. The normalized spacial score (nSPS) is 19.1. The third kappa shape index (κ3) is 6.82. The minimum atomic E-state index is -0.306. The van der Waals surface area contributed by atoms with E-state index in [0.29, 0.717) is 36.0 Å². The summed E-state index contributed by atoms with van der Waals surface area (Å²) in [4.78, 5) is 22.0. The summed E-state index contributed by atoms with van der Waals surface area (Å²) in [6, 6.07) is 11.8. The molecule has 6 nitrogen and oxygen atoms in total. The van der Waals surface area contributed by atoms with E-state index in [1.54, 1.807) is 17.2 Å². The number of ether oxygens (including phenoxy) is 1. The van der Waals surface area contributed by atoms with Gasteiger partial charge in [-0.1, -0.05) is 62.9 Å². The monoisotopic (exact) mass is 463 g/mol. The highest BCUT2D eigenvalue weighted by Crippen LogP contribution is 2.27. The summed E-state index contributed by atoms with van der Waals surface area (Å²) in [6.07, 6.45) is 2.29. The van der Waals surface area contributed by atoms with Crippen LogP contribution in [0.3, 0.4) is 0 Å². The molecule has 0 unspecified atom stereocenters. The first-order valence-corrected chi connectivity index (χ1v) is 12.1. The first-order chi connectivity index (χ1) is 16.3. The number of hydrogen-bond acceptors (Lipinski definition) is 5. The maximum Gasteiger partial charge on any atom is 0.259 e. The number of benzene rings is 1. The van der Waals surface area contributed by atoms with Crippen molar-refractivity contribution in [2.45, 2.75) is 52.8 Å². The fourth-order valence-corrected chi connectivity index (χ4v) is 4.01. The van der Waals surface area contributed by atoms with Gasteiger partial charge in [-0.15, -0.1) is 0 Å². The summed E-state index contributed by atoms with van der Waals surface area (Å²) in [5.74, 6) is 6.96. The average Bonchev–Trinajstić information content (AvgIpc) is 2.81. The Kier molecular flexibility index (Phi) is 9.09. The molecular weight excluding hydrogens is 426 g/mol. The van der Waals surface area contributed by atoms with Crippen molar-refractivity contribution in [2.75, 3.05) is 26.7 Å². The van der Waals surface area contributed by atoms with Crippen molar-refractivity contribution in [3.63, 3.8) is 0 Å². The third-order valence-corrected chi connectivity index (χ3v) is 6.05. The number of fused-ring (bicyclic) bond motifs is 1. The lowest BCUT2D eigenvalue weighted by Crippen LogP contribution is -2.49. The van der Waals surface area contributed by atoms with Crippen molar-refractivity contribution >= 4 is 5.91 Å². The third-order valence-electron chi connectivity index (χ3n) is 6.05. The molecule has 6 heteroatoms. The lowest BCUT2D eigenvalue weighted by Gasteiger charge is -2.37. The van der Waals surface area contributed by atoms with Crippen molar-refractivity contribution < 1.29 is 14.6 Å². The number of aromatic nitrogens is 1.